The van der Waals surface area contributed by atoms with Gasteiger partial charge in [-0.2, -0.15) is 0 Å². The molecule has 1 saturated heterocycles. The third kappa shape index (κ3) is 3.30. The molecule has 1 aliphatic rings. The van der Waals surface area contributed by atoms with Crippen LogP contribution in [0, 0.1) is 0 Å². The van der Waals surface area contributed by atoms with Gasteiger partial charge in [-0.15, -0.1) is 0 Å². The van der Waals surface area contributed by atoms with E-state index < -0.39 is 12.1 Å². The minimum absolute atomic E-state index is 0.0379. The maximum Gasteiger partial charge on any atom is 0.334 e. The molecule has 19 heavy (non-hydrogen) atoms. The number of morpholine rings is 1. The lowest BCUT2D eigenvalue weighted by Gasteiger charge is -2.34. The zero-order chi connectivity index (χ0) is 14.0. The summed E-state index contributed by atoms with van der Waals surface area (Å²) in [7, 11) is 0. The number of halogens is 1. The number of nitrogens with zero attached hydrogens (tertiary/aromatic N) is 2. The van der Waals surface area contributed by atoms with Crippen molar-refractivity contribution in [1.82, 2.24) is 9.88 Å². The van der Waals surface area contributed by atoms with Crippen molar-refractivity contribution in [1.29, 1.82) is 0 Å². The number of carboxylic acids is 1. The molecule has 1 fully saturated rings. The molecule has 0 aliphatic carbocycles. The van der Waals surface area contributed by atoms with Crippen LogP contribution in [0.2, 0.25) is 0 Å². The van der Waals surface area contributed by atoms with Gasteiger partial charge in [0.25, 0.3) is 5.91 Å². The van der Waals surface area contributed by atoms with Gasteiger partial charge in [0.2, 0.25) is 0 Å². The highest BCUT2D eigenvalue weighted by Crippen LogP contribution is 2.15. The molecular weight excluding hydrogens is 316 g/mol. The van der Waals surface area contributed by atoms with Crippen LogP contribution in [-0.4, -0.2) is 52.2 Å². The minimum atomic E-state index is -1.06. The summed E-state index contributed by atoms with van der Waals surface area (Å²) in [6, 6.07) is 3.32. The van der Waals surface area contributed by atoms with Gasteiger partial charge in [-0.25, -0.2) is 9.78 Å². The fourth-order valence-electron chi connectivity index (χ4n) is 1.92. The van der Waals surface area contributed by atoms with E-state index in [1.807, 2.05) is 0 Å². The number of aromatic nitrogens is 1. The Morgan fingerprint density at radius 3 is 2.79 bits per heavy atom. The monoisotopic (exact) mass is 328 g/mol. The molecule has 0 aromatic carbocycles. The van der Waals surface area contributed by atoms with Gasteiger partial charge in [0.05, 0.1) is 12.6 Å². The molecule has 0 radical (unpaired) electrons. The van der Waals surface area contributed by atoms with Crippen LogP contribution in [0.1, 0.15) is 17.4 Å². The van der Waals surface area contributed by atoms with Crippen molar-refractivity contribution in [2.75, 3.05) is 13.1 Å². The number of aliphatic carboxylic acids is 1. The van der Waals surface area contributed by atoms with Gasteiger partial charge in [0.15, 0.2) is 6.10 Å². The molecule has 102 valence electrons. The Kier molecular flexibility index (Phi) is 4.16. The summed E-state index contributed by atoms with van der Waals surface area (Å²) in [5, 5.41) is 8.98. The summed E-state index contributed by atoms with van der Waals surface area (Å²) >= 11 is 3.24. The highest BCUT2D eigenvalue weighted by molar-refractivity contribution is 9.10. The molecule has 1 aromatic heterocycles. The third-order valence-corrected chi connectivity index (χ3v) is 3.24. The number of ether oxygens (including phenoxy) is 1. The molecule has 1 unspecified atom stereocenters. The molecule has 1 aliphatic heterocycles. The van der Waals surface area contributed by atoms with Crippen LogP contribution >= 0.6 is 15.9 Å². The second kappa shape index (κ2) is 5.66. The average molecular weight is 329 g/mol. The van der Waals surface area contributed by atoms with Crippen molar-refractivity contribution in [2.24, 2.45) is 0 Å². The minimum Gasteiger partial charge on any atom is -0.479 e. The molecule has 1 aromatic rings. The van der Waals surface area contributed by atoms with Gasteiger partial charge < -0.3 is 14.7 Å². The van der Waals surface area contributed by atoms with Crippen LogP contribution in [0.4, 0.5) is 0 Å². The molecule has 0 spiro atoms. The Morgan fingerprint density at radius 2 is 2.21 bits per heavy atom. The predicted octanol–water partition coefficient (Wildman–Crippen LogP) is 1.16. The molecule has 0 saturated carbocycles. The van der Waals surface area contributed by atoms with E-state index in [1.54, 1.807) is 19.1 Å². The fraction of sp³-hybridized carbons (Fsp3) is 0.417. The Labute approximate surface area is 118 Å². The predicted molar refractivity (Wildman–Crippen MR) is 69.8 cm³/mol. The zero-order valence-corrected chi connectivity index (χ0v) is 11.8. The van der Waals surface area contributed by atoms with E-state index in [1.165, 1.54) is 11.1 Å². The Morgan fingerprint density at radius 1 is 1.47 bits per heavy atom. The number of hydrogen-bond donors (Lipinski definition) is 1. The number of hydrogen-bond acceptors (Lipinski definition) is 4. The lowest BCUT2D eigenvalue weighted by atomic mass is 10.2. The van der Waals surface area contributed by atoms with Crippen LogP contribution in [0.15, 0.2) is 22.8 Å². The number of rotatable bonds is 2. The van der Waals surface area contributed by atoms with E-state index in [0.717, 1.165) is 4.47 Å². The molecule has 2 heterocycles. The topological polar surface area (TPSA) is 79.7 Å². The van der Waals surface area contributed by atoms with Gasteiger partial charge in [-0.05, 0) is 35.0 Å². The Balaban J connectivity index is 2.14. The number of carboxylic acid groups (broad SMARTS) is 1. The van der Waals surface area contributed by atoms with Crippen molar-refractivity contribution in [3.63, 3.8) is 0 Å². The summed E-state index contributed by atoms with van der Waals surface area (Å²) in [6.45, 7) is 2.14. The van der Waals surface area contributed by atoms with Crippen LogP contribution in [0.3, 0.4) is 0 Å². The molecular formula is C12H13BrN2O4. The van der Waals surface area contributed by atoms with Crippen LogP contribution in [0.25, 0.3) is 0 Å². The molecule has 1 amide bonds. The van der Waals surface area contributed by atoms with Gasteiger partial charge in [-0.3, -0.25) is 4.79 Å². The number of carbonyl (C=O) groups excluding carboxylic acids is 1. The molecule has 0 bridgehead atoms. The first kappa shape index (κ1) is 14.0. The third-order valence-electron chi connectivity index (χ3n) is 2.77. The van der Waals surface area contributed by atoms with E-state index in [4.69, 9.17) is 9.84 Å². The van der Waals surface area contributed by atoms with Crippen molar-refractivity contribution in [3.05, 3.63) is 28.5 Å². The lowest BCUT2D eigenvalue weighted by Crippen LogP contribution is -2.51. The quantitative estimate of drug-likeness (QED) is 0.881. The number of pyridine rings is 1. The molecule has 6 nitrogen and oxygen atoms in total. The highest BCUT2D eigenvalue weighted by Gasteiger charge is 2.33. The van der Waals surface area contributed by atoms with Crippen LogP contribution in [0.5, 0.6) is 0 Å². The smallest absolute Gasteiger partial charge is 0.334 e. The van der Waals surface area contributed by atoms with Crippen molar-refractivity contribution < 1.29 is 19.4 Å². The van der Waals surface area contributed by atoms with Gasteiger partial charge in [0.1, 0.15) is 5.69 Å². The fourth-order valence-corrected chi connectivity index (χ4v) is 2.15. The van der Waals surface area contributed by atoms with Crippen LogP contribution in [-0.2, 0) is 9.53 Å². The summed E-state index contributed by atoms with van der Waals surface area (Å²) < 4.78 is 6.04. The summed E-state index contributed by atoms with van der Waals surface area (Å²) in [6.07, 6.45) is 0.239. The molecule has 2 atom stereocenters. The first-order valence-corrected chi connectivity index (χ1v) is 6.55. The molecule has 2 rings (SSSR count). The summed E-state index contributed by atoms with van der Waals surface area (Å²) in [5.74, 6) is -1.35. The first-order valence-electron chi connectivity index (χ1n) is 5.76. The van der Waals surface area contributed by atoms with Gasteiger partial charge >= 0.3 is 5.97 Å². The van der Waals surface area contributed by atoms with Crippen molar-refractivity contribution >= 4 is 27.8 Å². The van der Waals surface area contributed by atoms with Crippen molar-refractivity contribution in [3.8, 4) is 0 Å². The average Bonchev–Trinajstić information content (AvgIpc) is 2.38. The summed E-state index contributed by atoms with van der Waals surface area (Å²) in [4.78, 5) is 28.7. The zero-order valence-electron chi connectivity index (χ0n) is 10.2. The van der Waals surface area contributed by atoms with Crippen molar-refractivity contribution in [2.45, 2.75) is 19.1 Å². The Hall–Kier alpha value is -1.47. The second-order valence-corrected chi connectivity index (χ2v) is 5.26. The first-order chi connectivity index (χ1) is 8.97. The van der Waals surface area contributed by atoms with E-state index >= 15 is 0 Å². The number of carbonyl (C=O) groups is 2. The van der Waals surface area contributed by atoms with Gasteiger partial charge in [-0.1, -0.05) is 0 Å². The Bertz CT molecular complexity index is 491. The van der Waals surface area contributed by atoms with Gasteiger partial charge in [0, 0.05) is 17.2 Å². The highest BCUT2D eigenvalue weighted by atomic mass is 79.9. The SMILES string of the molecule is C[C@@H]1CN(C(=O)c2ccc(Br)cn2)CC(C(=O)O)O1. The van der Waals surface area contributed by atoms with E-state index in [-0.39, 0.29) is 18.6 Å². The van der Waals surface area contributed by atoms with E-state index in [0.29, 0.717) is 12.2 Å². The molecule has 1 N–H and O–H groups in total. The lowest BCUT2D eigenvalue weighted by molar-refractivity contribution is -0.160. The standard InChI is InChI=1S/C12H13BrN2O4/c1-7-5-15(6-10(19-7)12(17)18)11(16)9-3-2-8(13)4-14-9/h2-4,7,10H,5-6H2,1H3,(H,17,18)/t7-,10?/m1/s1. The largest absolute Gasteiger partial charge is 0.479 e. The number of amides is 1. The maximum atomic E-state index is 12.2. The van der Waals surface area contributed by atoms with E-state index in [9.17, 15) is 9.59 Å². The maximum absolute atomic E-state index is 12.2. The normalized spacial score (nSPS) is 23.2. The van der Waals surface area contributed by atoms with Crippen LogP contribution < -0.4 is 0 Å². The second-order valence-electron chi connectivity index (χ2n) is 4.35. The summed E-state index contributed by atoms with van der Waals surface area (Å²) in [5.41, 5.74) is 0.293. The van der Waals surface area contributed by atoms with E-state index in [2.05, 4.69) is 20.9 Å². The molecule has 7 heteroatoms.